The van der Waals surface area contributed by atoms with E-state index in [1.165, 1.54) is 16.7 Å². The highest BCUT2D eigenvalue weighted by Crippen LogP contribution is 2.51. The SMILES string of the molecule is Cc1cccc2c1C1CC2CC1=O. The van der Waals surface area contributed by atoms with E-state index in [9.17, 15) is 4.79 Å². The van der Waals surface area contributed by atoms with Crippen LogP contribution in [-0.2, 0) is 4.79 Å². The molecular formula is C12H12O. The Morgan fingerprint density at radius 1 is 1.38 bits per heavy atom. The molecule has 2 unspecified atom stereocenters. The fourth-order valence-electron chi connectivity index (χ4n) is 2.94. The molecule has 2 atom stereocenters. The van der Waals surface area contributed by atoms with E-state index in [2.05, 4.69) is 25.1 Å². The average Bonchev–Trinajstić information content (AvgIpc) is 2.62. The average molecular weight is 172 g/mol. The minimum Gasteiger partial charge on any atom is -0.299 e. The summed E-state index contributed by atoms with van der Waals surface area (Å²) >= 11 is 0. The van der Waals surface area contributed by atoms with Gasteiger partial charge in [-0.2, -0.15) is 0 Å². The van der Waals surface area contributed by atoms with Gasteiger partial charge in [-0.3, -0.25) is 4.79 Å². The van der Waals surface area contributed by atoms with Crippen LogP contribution in [-0.4, -0.2) is 5.78 Å². The number of rotatable bonds is 0. The van der Waals surface area contributed by atoms with Crippen LogP contribution in [0.4, 0.5) is 0 Å². The first-order valence-electron chi connectivity index (χ1n) is 4.89. The van der Waals surface area contributed by atoms with Gasteiger partial charge in [0.05, 0.1) is 0 Å². The van der Waals surface area contributed by atoms with Gasteiger partial charge in [0.15, 0.2) is 0 Å². The molecule has 1 fully saturated rings. The second kappa shape index (κ2) is 2.22. The Bertz CT molecular complexity index is 392. The van der Waals surface area contributed by atoms with Gasteiger partial charge in [-0.15, -0.1) is 0 Å². The summed E-state index contributed by atoms with van der Waals surface area (Å²) < 4.78 is 0. The van der Waals surface area contributed by atoms with Crippen molar-refractivity contribution in [3.63, 3.8) is 0 Å². The number of ketones is 1. The van der Waals surface area contributed by atoms with E-state index in [1.54, 1.807) is 0 Å². The summed E-state index contributed by atoms with van der Waals surface area (Å²) in [7, 11) is 0. The zero-order valence-electron chi connectivity index (χ0n) is 7.71. The summed E-state index contributed by atoms with van der Waals surface area (Å²) in [5.74, 6) is 1.26. The van der Waals surface area contributed by atoms with Crippen molar-refractivity contribution in [1.29, 1.82) is 0 Å². The van der Waals surface area contributed by atoms with Crippen molar-refractivity contribution in [2.45, 2.75) is 31.6 Å². The van der Waals surface area contributed by atoms with Crippen molar-refractivity contribution in [1.82, 2.24) is 0 Å². The first-order chi connectivity index (χ1) is 6.27. The van der Waals surface area contributed by atoms with E-state index in [0.717, 1.165) is 12.8 Å². The van der Waals surface area contributed by atoms with Crippen LogP contribution in [0.25, 0.3) is 0 Å². The summed E-state index contributed by atoms with van der Waals surface area (Å²) in [6.45, 7) is 2.12. The van der Waals surface area contributed by atoms with E-state index in [-0.39, 0.29) is 5.92 Å². The van der Waals surface area contributed by atoms with Gasteiger partial charge in [-0.25, -0.2) is 0 Å². The van der Waals surface area contributed by atoms with Crippen LogP contribution in [0.15, 0.2) is 18.2 Å². The topological polar surface area (TPSA) is 17.1 Å². The summed E-state index contributed by atoms with van der Waals surface area (Å²) in [5.41, 5.74) is 4.10. The number of hydrogen-bond donors (Lipinski definition) is 0. The van der Waals surface area contributed by atoms with Gasteiger partial charge in [0.2, 0.25) is 0 Å². The monoisotopic (exact) mass is 172 g/mol. The fraction of sp³-hybridized carbons (Fsp3) is 0.417. The predicted octanol–water partition coefficient (Wildman–Crippen LogP) is 2.54. The smallest absolute Gasteiger partial charge is 0.140 e. The number of carbonyl (C=O) groups is 1. The third kappa shape index (κ3) is 0.796. The van der Waals surface area contributed by atoms with E-state index in [4.69, 9.17) is 0 Å². The zero-order chi connectivity index (χ0) is 9.00. The maximum absolute atomic E-state index is 11.6. The lowest BCUT2D eigenvalue weighted by molar-refractivity contribution is -0.118. The summed E-state index contributed by atoms with van der Waals surface area (Å²) in [5, 5.41) is 0. The summed E-state index contributed by atoms with van der Waals surface area (Å²) in [6, 6.07) is 6.42. The summed E-state index contributed by atoms with van der Waals surface area (Å²) in [4.78, 5) is 11.6. The first-order valence-corrected chi connectivity index (χ1v) is 4.89. The number of aryl methyl sites for hydroxylation is 1. The Balaban J connectivity index is 2.27. The quantitative estimate of drug-likeness (QED) is 0.587. The van der Waals surface area contributed by atoms with Gasteiger partial charge in [0.1, 0.15) is 5.78 Å². The molecule has 2 aliphatic carbocycles. The molecule has 1 aromatic rings. The molecule has 0 saturated heterocycles. The number of benzene rings is 1. The standard InChI is InChI=1S/C12H12O/c1-7-3-2-4-9-8-5-10(12(7)9)11(13)6-8/h2-4,8,10H,5-6H2,1H3. The lowest BCUT2D eigenvalue weighted by Crippen LogP contribution is -2.10. The highest BCUT2D eigenvalue weighted by Gasteiger charge is 2.43. The second-order valence-electron chi connectivity index (χ2n) is 4.23. The molecule has 1 saturated carbocycles. The Labute approximate surface area is 77.8 Å². The number of hydrogen-bond acceptors (Lipinski definition) is 1. The molecule has 1 aromatic carbocycles. The third-order valence-corrected chi connectivity index (χ3v) is 3.50. The molecule has 0 amide bonds. The van der Waals surface area contributed by atoms with Crippen LogP contribution in [0.2, 0.25) is 0 Å². The molecule has 1 nitrogen and oxygen atoms in total. The van der Waals surface area contributed by atoms with Crippen LogP contribution in [0.5, 0.6) is 0 Å². The number of carbonyl (C=O) groups excluding carboxylic acids is 1. The van der Waals surface area contributed by atoms with Gasteiger partial charge in [0, 0.05) is 12.3 Å². The van der Waals surface area contributed by atoms with Gasteiger partial charge in [0.25, 0.3) is 0 Å². The van der Waals surface area contributed by atoms with Gasteiger partial charge < -0.3 is 0 Å². The van der Waals surface area contributed by atoms with Gasteiger partial charge in [-0.1, -0.05) is 18.2 Å². The number of Topliss-reactive ketones (excluding diaryl/α,β-unsaturated/α-hetero) is 1. The van der Waals surface area contributed by atoms with Crippen molar-refractivity contribution in [2.24, 2.45) is 0 Å². The third-order valence-electron chi connectivity index (χ3n) is 3.50. The molecule has 13 heavy (non-hydrogen) atoms. The zero-order valence-corrected chi connectivity index (χ0v) is 7.71. The van der Waals surface area contributed by atoms with Gasteiger partial charge >= 0.3 is 0 Å². The predicted molar refractivity (Wildman–Crippen MR) is 50.9 cm³/mol. The summed E-state index contributed by atoms with van der Waals surface area (Å²) in [6.07, 6.45) is 1.88. The molecule has 0 N–H and O–H groups in total. The minimum atomic E-state index is 0.251. The lowest BCUT2D eigenvalue weighted by atomic mass is 9.88. The Hall–Kier alpha value is -1.11. The van der Waals surface area contributed by atoms with Crippen molar-refractivity contribution in [2.75, 3.05) is 0 Å². The van der Waals surface area contributed by atoms with Crippen molar-refractivity contribution < 1.29 is 4.79 Å². The molecular weight excluding hydrogens is 160 g/mol. The van der Waals surface area contributed by atoms with E-state index in [0.29, 0.717) is 11.7 Å². The Morgan fingerprint density at radius 3 is 3.08 bits per heavy atom. The molecule has 0 aliphatic heterocycles. The molecule has 0 heterocycles. The van der Waals surface area contributed by atoms with Crippen LogP contribution < -0.4 is 0 Å². The first kappa shape index (κ1) is 7.31. The van der Waals surface area contributed by atoms with Crippen LogP contribution in [0, 0.1) is 6.92 Å². The lowest BCUT2D eigenvalue weighted by Gasteiger charge is -2.15. The van der Waals surface area contributed by atoms with Crippen molar-refractivity contribution in [3.05, 3.63) is 34.9 Å². The fourth-order valence-corrected chi connectivity index (χ4v) is 2.94. The molecule has 66 valence electrons. The molecule has 2 bridgehead atoms. The molecule has 3 rings (SSSR count). The molecule has 2 aliphatic rings. The maximum atomic E-state index is 11.6. The van der Waals surface area contributed by atoms with E-state index >= 15 is 0 Å². The Kier molecular flexibility index (Phi) is 1.25. The molecule has 0 spiro atoms. The Morgan fingerprint density at radius 2 is 2.23 bits per heavy atom. The van der Waals surface area contributed by atoms with Crippen LogP contribution in [0.3, 0.4) is 0 Å². The normalized spacial score (nSPS) is 29.5. The largest absolute Gasteiger partial charge is 0.299 e. The minimum absolute atomic E-state index is 0.251. The van der Waals surface area contributed by atoms with Crippen molar-refractivity contribution in [3.8, 4) is 0 Å². The maximum Gasteiger partial charge on any atom is 0.140 e. The molecule has 0 radical (unpaired) electrons. The highest BCUT2D eigenvalue weighted by molar-refractivity contribution is 5.92. The molecule has 0 aromatic heterocycles. The number of fused-ring (bicyclic) bond motifs is 5. The molecule has 1 heteroatoms. The van der Waals surface area contributed by atoms with Crippen LogP contribution >= 0.6 is 0 Å². The van der Waals surface area contributed by atoms with Crippen molar-refractivity contribution >= 4 is 5.78 Å². The van der Waals surface area contributed by atoms with Gasteiger partial charge in [-0.05, 0) is 36.0 Å². The highest BCUT2D eigenvalue weighted by atomic mass is 16.1. The second-order valence-corrected chi connectivity index (χ2v) is 4.23. The van der Waals surface area contributed by atoms with Crippen LogP contribution in [0.1, 0.15) is 41.4 Å². The van der Waals surface area contributed by atoms with E-state index in [1.807, 2.05) is 0 Å². The van der Waals surface area contributed by atoms with E-state index < -0.39 is 0 Å².